The van der Waals surface area contributed by atoms with E-state index in [0.717, 1.165) is 5.75 Å². The molecule has 1 atom stereocenters. The fraction of sp³-hybridized carbons (Fsp3) is 0.312. The first kappa shape index (κ1) is 16.3. The lowest BCUT2D eigenvalue weighted by Crippen LogP contribution is -2.21. The van der Waals surface area contributed by atoms with E-state index >= 15 is 0 Å². The van der Waals surface area contributed by atoms with Gasteiger partial charge in [0, 0.05) is 11.9 Å². The van der Waals surface area contributed by atoms with Crippen molar-refractivity contribution in [3.8, 4) is 0 Å². The Hall–Kier alpha value is -2.08. The van der Waals surface area contributed by atoms with Crippen LogP contribution in [-0.4, -0.2) is 34.6 Å². The molecule has 22 heavy (non-hydrogen) atoms. The summed E-state index contributed by atoms with van der Waals surface area (Å²) in [5.74, 6) is 1.28. The number of anilines is 1. The van der Waals surface area contributed by atoms with E-state index in [1.807, 2.05) is 31.2 Å². The monoisotopic (exact) mass is 317 g/mol. The third-order valence-corrected chi connectivity index (χ3v) is 4.09. The molecule has 1 aromatic carbocycles. The number of hydrogen-bond donors (Lipinski definition) is 1. The van der Waals surface area contributed by atoms with E-state index in [2.05, 4.69) is 27.6 Å². The number of esters is 1. The number of rotatable bonds is 8. The molecule has 0 aliphatic heterocycles. The minimum atomic E-state index is -0.193. The Balaban J connectivity index is 1.62. The molecule has 0 saturated heterocycles. The molecular formula is C16H19N3O2S. The summed E-state index contributed by atoms with van der Waals surface area (Å²) in [6.07, 6.45) is 1.61. The van der Waals surface area contributed by atoms with E-state index < -0.39 is 0 Å². The fourth-order valence-electron chi connectivity index (χ4n) is 1.71. The van der Waals surface area contributed by atoms with Crippen molar-refractivity contribution in [3.63, 3.8) is 0 Å². The molecule has 0 unspecified atom stereocenters. The van der Waals surface area contributed by atoms with Crippen LogP contribution < -0.4 is 5.32 Å². The summed E-state index contributed by atoms with van der Waals surface area (Å²) in [5, 5.41) is 10.5. The van der Waals surface area contributed by atoms with Crippen molar-refractivity contribution < 1.29 is 9.53 Å². The molecule has 0 aliphatic rings. The Morgan fingerprint density at radius 2 is 2.09 bits per heavy atom. The zero-order chi connectivity index (χ0) is 15.6. The molecular weight excluding hydrogens is 298 g/mol. The maximum atomic E-state index is 11.9. The van der Waals surface area contributed by atoms with Crippen molar-refractivity contribution in [2.45, 2.75) is 17.9 Å². The molecule has 2 rings (SSSR count). The summed E-state index contributed by atoms with van der Waals surface area (Å²) < 4.78 is 5.24. The van der Waals surface area contributed by atoms with Crippen LogP contribution in [0.5, 0.6) is 0 Å². The minimum absolute atomic E-state index is 0.184. The van der Waals surface area contributed by atoms with Crippen molar-refractivity contribution in [2.75, 3.05) is 18.5 Å². The van der Waals surface area contributed by atoms with Crippen molar-refractivity contribution in [1.82, 2.24) is 10.2 Å². The first-order valence-corrected chi connectivity index (χ1v) is 8.14. The number of nitrogens with zero attached hydrogens (tertiary/aromatic N) is 2. The molecule has 0 fully saturated rings. The van der Waals surface area contributed by atoms with Crippen LogP contribution in [0.25, 0.3) is 0 Å². The van der Waals surface area contributed by atoms with Crippen LogP contribution in [0.1, 0.15) is 12.5 Å². The smallest absolute Gasteiger partial charge is 0.318 e. The molecule has 2 aromatic rings. The van der Waals surface area contributed by atoms with Gasteiger partial charge in [-0.25, -0.2) is 0 Å². The van der Waals surface area contributed by atoms with Gasteiger partial charge in [0.2, 0.25) is 0 Å². The maximum absolute atomic E-state index is 11.9. The first-order valence-electron chi connectivity index (χ1n) is 7.09. The van der Waals surface area contributed by atoms with E-state index in [0.29, 0.717) is 19.0 Å². The highest BCUT2D eigenvalue weighted by Gasteiger charge is 2.14. The average Bonchev–Trinajstić information content (AvgIpc) is 2.58. The summed E-state index contributed by atoms with van der Waals surface area (Å²) in [7, 11) is 0. The molecule has 5 nitrogen and oxygen atoms in total. The lowest BCUT2D eigenvalue weighted by Gasteiger charge is -2.11. The Bertz CT molecular complexity index is 566. The first-order chi connectivity index (χ1) is 10.8. The zero-order valence-corrected chi connectivity index (χ0v) is 13.3. The van der Waals surface area contributed by atoms with Crippen LogP contribution >= 0.6 is 11.8 Å². The molecule has 1 heterocycles. The normalized spacial score (nSPS) is 11.7. The average molecular weight is 317 g/mol. The highest BCUT2D eigenvalue weighted by Crippen LogP contribution is 2.18. The van der Waals surface area contributed by atoms with Crippen molar-refractivity contribution >= 4 is 23.5 Å². The Morgan fingerprint density at radius 3 is 2.82 bits per heavy atom. The van der Waals surface area contributed by atoms with Crippen molar-refractivity contribution in [1.29, 1.82) is 0 Å². The second kappa shape index (κ2) is 9.04. The van der Waals surface area contributed by atoms with Gasteiger partial charge >= 0.3 is 5.97 Å². The molecule has 0 radical (unpaired) electrons. The molecule has 0 aliphatic carbocycles. The van der Waals surface area contributed by atoms with Gasteiger partial charge in [0.15, 0.2) is 0 Å². The number of benzene rings is 1. The standard InChI is InChI=1S/C16H19N3O2S/c1-13(22-12-14-6-3-2-4-7-14)16(20)21-11-10-17-15-8-5-9-18-19-15/h2-9,13H,10-12H2,1H3,(H,17,19)/t13-/m0/s1. The van der Waals surface area contributed by atoms with Gasteiger partial charge in [-0.05, 0) is 24.6 Å². The molecule has 0 bridgehead atoms. The third kappa shape index (κ3) is 5.73. The van der Waals surface area contributed by atoms with Gasteiger partial charge in [-0.2, -0.15) is 5.10 Å². The molecule has 1 aromatic heterocycles. The van der Waals surface area contributed by atoms with Crippen LogP contribution in [0.4, 0.5) is 5.82 Å². The van der Waals surface area contributed by atoms with Gasteiger partial charge in [0.1, 0.15) is 12.4 Å². The van der Waals surface area contributed by atoms with E-state index in [9.17, 15) is 4.79 Å². The van der Waals surface area contributed by atoms with Crippen molar-refractivity contribution in [2.24, 2.45) is 0 Å². The largest absolute Gasteiger partial charge is 0.463 e. The molecule has 0 spiro atoms. The van der Waals surface area contributed by atoms with Crippen LogP contribution in [0.15, 0.2) is 48.7 Å². The number of hydrogen-bond acceptors (Lipinski definition) is 6. The van der Waals surface area contributed by atoms with Gasteiger partial charge in [0.05, 0.1) is 11.8 Å². The second-order valence-corrected chi connectivity index (χ2v) is 5.97. The number of nitrogens with one attached hydrogen (secondary N) is 1. The second-order valence-electron chi connectivity index (χ2n) is 4.64. The van der Waals surface area contributed by atoms with Crippen LogP contribution in [-0.2, 0) is 15.3 Å². The summed E-state index contributed by atoms with van der Waals surface area (Å²) >= 11 is 1.57. The molecule has 0 amide bonds. The van der Waals surface area contributed by atoms with E-state index in [4.69, 9.17) is 4.74 Å². The maximum Gasteiger partial charge on any atom is 0.318 e. The van der Waals surface area contributed by atoms with Crippen LogP contribution in [0, 0.1) is 0 Å². The molecule has 0 saturated carbocycles. The number of carbonyl (C=O) groups excluding carboxylic acids is 1. The number of carbonyl (C=O) groups is 1. The van der Waals surface area contributed by atoms with Gasteiger partial charge < -0.3 is 10.1 Å². The minimum Gasteiger partial charge on any atom is -0.463 e. The van der Waals surface area contributed by atoms with Gasteiger partial charge in [-0.1, -0.05) is 30.3 Å². The van der Waals surface area contributed by atoms with E-state index in [1.165, 1.54) is 5.56 Å². The number of aromatic nitrogens is 2. The van der Waals surface area contributed by atoms with Gasteiger partial charge in [0.25, 0.3) is 0 Å². The Labute approximate surface area is 134 Å². The van der Waals surface area contributed by atoms with Gasteiger partial charge in [-0.3, -0.25) is 4.79 Å². The van der Waals surface area contributed by atoms with Crippen molar-refractivity contribution in [3.05, 3.63) is 54.2 Å². The highest BCUT2D eigenvalue weighted by atomic mass is 32.2. The molecule has 1 N–H and O–H groups in total. The van der Waals surface area contributed by atoms with Crippen LogP contribution in [0.3, 0.4) is 0 Å². The van der Waals surface area contributed by atoms with Crippen LogP contribution in [0.2, 0.25) is 0 Å². The fourth-order valence-corrected chi connectivity index (χ4v) is 2.55. The summed E-state index contributed by atoms with van der Waals surface area (Å²) in [5.41, 5.74) is 1.21. The Kier molecular flexibility index (Phi) is 6.70. The molecule has 116 valence electrons. The predicted octanol–water partition coefficient (Wildman–Crippen LogP) is 2.75. The van der Waals surface area contributed by atoms with E-state index in [-0.39, 0.29) is 11.2 Å². The summed E-state index contributed by atoms with van der Waals surface area (Å²) in [6, 6.07) is 13.7. The number of ether oxygens (including phenoxy) is 1. The van der Waals surface area contributed by atoms with E-state index in [1.54, 1.807) is 24.0 Å². The molecule has 6 heteroatoms. The summed E-state index contributed by atoms with van der Waals surface area (Å²) in [4.78, 5) is 11.9. The Morgan fingerprint density at radius 1 is 1.27 bits per heavy atom. The highest BCUT2D eigenvalue weighted by molar-refractivity contribution is 7.99. The number of thioether (sulfide) groups is 1. The zero-order valence-electron chi connectivity index (χ0n) is 12.4. The predicted molar refractivity (Wildman–Crippen MR) is 88.7 cm³/mol. The van der Waals surface area contributed by atoms with Gasteiger partial charge in [-0.15, -0.1) is 16.9 Å². The third-order valence-electron chi connectivity index (χ3n) is 2.90. The lowest BCUT2D eigenvalue weighted by molar-refractivity contribution is -0.142. The summed E-state index contributed by atoms with van der Waals surface area (Å²) in [6.45, 7) is 2.69. The topological polar surface area (TPSA) is 64.1 Å². The lowest BCUT2D eigenvalue weighted by atomic mass is 10.2. The quantitative estimate of drug-likeness (QED) is 0.596. The SMILES string of the molecule is C[C@H](SCc1ccccc1)C(=O)OCCNc1cccnn1.